The first-order valence-corrected chi connectivity index (χ1v) is 9.99. The number of nitrogens with zero attached hydrogens (tertiary/aromatic N) is 2. The average molecular weight is 429 g/mol. The summed E-state index contributed by atoms with van der Waals surface area (Å²) in [5.41, 5.74) is 5.81. The Morgan fingerprint density at radius 1 is 1.03 bits per heavy atom. The largest absolute Gasteiger partial charge is 0.438 e. The predicted molar refractivity (Wildman–Crippen MR) is 131 cm³/mol. The third-order valence-corrected chi connectivity index (χ3v) is 4.26. The van der Waals surface area contributed by atoms with Crippen LogP contribution in [0.25, 0.3) is 11.3 Å². The summed E-state index contributed by atoms with van der Waals surface area (Å²) in [5, 5.41) is 0. The molecule has 0 radical (unpaired) electrons. The Hall–Kier alpha value is -3.08. The molecule has 0 N–H and O–H groups in total. The maximum absolute atomic E-state index is 12.4. The Kier molecular flexibility index (Phi) is 14.2. The summed E-state index contributed by atoms with van der Waals surface area (Å²) in [7, 11) is 2.90. The Morgan fingerprint density at radius 2 is 1.52 bits per heavy atom. The van der Waals surface area contributed by atoms with Crippen LogP contribution < -0.4 is 0 Å². The summed E-state index contributed by atoms with van der Waals surface area (Å²) in [6.07, 6.45) is 0.323. The van der Waals surface area contributed by atoms with Crippen molar-refractivity contribution in [2.45, 2.75) is 40.5 Å². The molecule has 0 aliphatic rings. The second kappa shape index (κ2) is 15.7. The van der Waals surface area contributed by atoms with Crippen molar-refractivity contribution < 1.29 is 13.5 Å². The maximum atomic E-state index is 12.4. The minimum Gasteiger partial charge on any atom is -0.438 e. The van der Waals surface area contributed by atoms with E-state index in [1.54, 1.807) is 19.2 Å². The van der Waals surface area contributed by atoms with Crippen LogP contribution in [-0.4, -0.2) is 33.1 Å². The van der Waals surface area contributed by atoms with Crippen LogP contribution in [0.4, 0.5) is 8.78 Å². The summed E-state index contributed by atoms with van der Waals surface area (Å²) in [4.78, 5) is 6.62. The maximum Gasteiger partial charge on any atom is 0.312 e. The Balaban J connectivity index is 0.000000551. The lowest BCUT2D eigenvalue weighted by Gasteiger charge is -2.10. The molecule has 0 saturated heterocycles. The van der Waals surface area contributed by atoms with E-state index < -0.39 is 12.3 Å². The van der Waals surface area contributed by atoms with Crippen molar-refractivity contribution in [3.05, 3.63) is 83.4 Å². The number of benzene rings is 2. The first-order chi connectivity index (χ1) is 14.7. The number of ether oxygens (including phenoxy) is 1. The normalized spacial score (nSPS) is 11.0. The molecule has 0 unspecified atom stereocenters. The van der Waals surface area contributed by atoms with Crippen molar-refractivity contribution in [2.75, 3.05) is 14.1 Å². The number of alkyl halides is 2. The molecule has 31 heavy (non-hydrogen) atoms. The third-order valence-electron chi connectivity index (χ3n) is 4.26. The van der Waals surface area contributed by atoms with Crippen molar-refractivity contribution >= 4 is 23.9 Å². The standard InChI is InChI=1S/C13H15F2NO.C11H14.C2H5N/c1-4-10-5-7-11(8-6-10)9(2)17-13(16-3)12(14)15;1-4-10(3)11-7-5-9(2)6-8-11;1-3-2/h5-8,12H,2,4H2,1,3H3;4-8H,1-3H3;1H2,2H3/b;10-4+;. The topological polar surface area (TPSA) is 34.0 Å². The van der Waals surface area contributed by atoms with Crippen LogP contribution in [-0.2, 0) is 11.2 Å². The summed E-state index contributed by atoms with van der Waals surface area (Å²) in [5.74, 6) is -0.442. The highest BCUT2D eigenvalue weighted by Crippen LogP contribution is 2.17. The van der Waals surface area contributed by atoms with Crippen LogP contribution in [0.15, 0.2) is 71.2 Å². The summed E-state index contributed by atoms with van der Waals surface area (Å²) in [6, 6.07) is 16.0. The fourth-order valence-corrected chi connectivity index (χ4v) is 2.28. The number of allylic oxidation sites excluding steroid dienone is 2. The quantitative estimate of drug-likeness (QED) is 0.280. The second-order valence-electron chi connectivity index (χ2n) is 6.59. The number of aryl methyl sites for hydroxylation is 2. The van der Waals surface area contributed by atoms with Crippen molar-refractivity contribution in [3.8, 4) is 0 Å². The van der Waals surface area contributed by atoms with Gasteiger partial charge in [-0.1, -0.05) is 73.7 Å². The van der Waals surface area contributed by atoms with E-state index in [0.717, 1.165) is 6.42 Å². The molecule has 0 bridgehead atoms. The zero-order valence-corrected chi connectivity index (χ0v) is 19.5. The monoisotopic (exact) mass is 428 g/mol. The number of hydrogen-bond acceptors (Lipinski definition) is 3. The van der Waals surface area contributed by atoms with Crippen molar-refractivity contribution in [3.63, 3.8) is 0 Å². The smallest absolute Gasteiger partial charge is 0.312 e. The molecule has 0 aliphatic carbocycles. The van der Waals surface area contributed by atoms with Gasteiger partial charge in [-0.25, -0.2) is 0 Å². The van der Waals surface area contributed by atoms with Gasteiger partial charge in [0, 0.05) is 19.7 Å². The van der Waals surface area contributed by atoms with Gasteiger partial charge in [-0.3, -0.25) is 4.99 Å². The van der Waals surface area contributed by atoms with Crippen LogP contribution in [0.3, 0.4) is 0 Å². The van der Waals surface area contributed by atoms with E-state index in [0.29, 0.717) is 5.56 Å². The van der Waals surface area contributed by atoms with E-state index >= 15 is 0 Å². The molecule has 2 aromatic rings. The van der Waals surface area contributed by atoms with Gasteiger partial charge < -0.3 is 9.73 Å². The van der Waals surface area contributed by atoms with Crippen LogP contribution in [0.1, 0.15) is 43.0 Å². The van der Waals surface area contributed by atoms with Crippen LogP contribution in [0.2, 0.25) is 0 Å². The molecule has 168 valence electrons. The Bertz CT molecular complexity index is 852. The summed E-state index contributed by atoms with van der Waals surface area (Å²) in [6.45, 7) is 15.1. The lowest BCUT2D eigenvalue weighted by Crippen LogP contribution is -2.13. The minimum absolute atomic E-state index is 0.175. The number of aliphatic imine (C=N–C) groups is 2. The van der Waals surface area contributed by atoms with Crippen molar-refractivity contribution in [1.82, 2.24) is 0 Å². The third kappa shape index (κ3) is 11.0. The molecular formula is C26H34F2N2O. The van der Waals surface area contributed by atoms with E-state index in [4.69, 9.17) is 4.74 Å². The average Bonchev–Trinajstić information content (AvgIpc) is 2.78. The summed E-state index contributed by atoms with van der Waals surface area (Å²) < 4.78 is 29.7. The molecule has 0 aromatic heterocycles. The molecule has 2 rings (SSSR count). The molecule has 2 aromatic carbocycles. The van der Waals surface area contributed by atoms with Gasteiger partial charge in [0.25, 0.3) is 5.90 Å². The first kappa shape index (κ1) is 27.9. The van der Waals surface area contributed by atoms with Gasteiger partial charge in [-0.15, -0.1) is 0 Å². The molecule has 0 spiro atoms. The molecule has 3 nitrogen and oxygen atoms in total. The van der Waals surface area contributed by atoms with Crippen LogP contribution >= 0.6 is 0 Å². The summed E-state index contributed by atoms with van der Waals surface area (Å²) >= 11 is 0. The second-order valence-corrected chi connectivity index (χ2v) is 6.59. The highest BCUT2D eigenvalue weighted by Gasteiger charge is 2.15. The number of rotatable bonds is 5. The van der Waals surface area contributed by atoms with Gasteiger partial charge in [-0.05, 0) is 50.6 Å². The van der Waals surface area contributed by atoms with Gasteiger partial charge in [0.1, 0.15) is 5.76 Å². The lowest BCUT2D eigenvalue weighted by atomic mass is 10.1. The van der Waals surface area contributed by atoms with Crippen molar-refractivity contribution in [2.24, 2.45) is 9.98 Å². The zero-order valence-electron chi connectivity index (χ0n) is 19.5. The number of halogens is 2. The molecule has 0 saturated carbocycles. The fourth-order valence-electron chi connectivity index (χ4n) is 2.28. The zero-order chi connectivity index (χ0) is 23.8. The molecular weight excluding hydrogens is 394 g/mol. The molecule has 0 atom stereocenters. The van der Waals surface area contributed by atoms with Crippen LogP contribution in [0, 0.1) is 6.92 Å². The molecule has 0 fully saturated rings. The first-order valence-electron chi connectivity index (χ1n) is 9.99. The van der Waals surface area contributed by atoms with E-state index in [1.165, 1.54) is 29.3 Å². The predicted octanol–water partition coefficient (Wildman–Crippen LogP) is 7.26. The SMILES string of the molecule is C/C=C(\C)c1ccc(C)cc1.C=C(OC(=NC)C(F)F)c1ccc(CC)cc1.C=NC. The van der Waals surface area contributed by atoms with Crippen molar-refractivity contribution in [1.29, 1.82) is 0 Å². The highest BCUT2D eigenvalue weighted by atomic mass is 19.3. The van der Waals surface area contributed by atoms with Crippen LogP contribution in [0.5, 0.6) is 0 Å². The van der Waals surface area contributed by atoms with E-state index in [2.05, 4.69) is 74.4 Å². The molecule has 0 heterocycles. The van der Waals surface area contributed by atoms with E-state index in [9.17, 15) is 8.78 Å². The van der Waals surface area contributed by atoms with Gasteiger partial charge >= 0.3 is 6.43 Å². The molecule has 5 heteroatoms. The van der Waals surface area contributed by atoms with Gasteiger partial charge in [0.15, 0.2) is 0 Å². The Morgan fingerprint density at radius 3 is 1.90 bits per heavy atom. The van der Waals surface area contributed by atoms with Gasteiger partial charge in [0.2, 0.25) is 0 Å². The number of hydrogen-bond donors (Lipinski definition) is 0. The van der Waals surface area contributed by atoms with Gasteiger partial charge in [0.05, 0.1) is 0 Å². The molecule has 0 aliphatic heterocycles. The highest BCUT2D eigenvalue weighted by molar-refractivity contribution is 5.84. The van der Waals surface area contributed by atoms with Gasteiger partial charge in [-0.2, -0.15) is 8.78 Å². The lowest BCUT2D eigenvalue weighted by molar-refractivity contribution is 0.196. The van der Waals surface area contributed by atoms with E-state index in [1.807, 2.05) is 19.1 Å². The molecule has 0 amide bonds. The minimum atomic E-state index is -2.73. The Labute approximate surface area is 185 Å². The fraction of sp³-hybridized carbons (Fsp3) is 0.308. The van der Waals surface area contributed by atoms with E-state index in [-0.39, 0.29) is 5.76 Å².